The average Bonchev–Trinajstić information content (AvgIpc) is 2.67. The van der Waals surface area contributed by atoms with Crippen molar-refractivity contribution < 1.29 is 9.90 Å². The van der Waals surface area contributed by atoms with Gasteiger partial charge in [0, 0.05) is 30.1 Å². The highest BCUT2D eigenvalue weighted by Gasteiger charge is 2.14. The van der Waals surface area contributed by atoms with Crippen LogP contribution in [0.4, 0.5) is 0 Å². The summed E-state index contributed by atoms with van der Waals surface area (Å²) in [5.74, 6) is 5.07. The first-order valence-corrected chi connectivity index (χ1v) is 9.62. The summed E-state index contributed by atoms with van der Waals surface area (Å²) in [4.78, 5) is 23.8. The molecule has 1 aromatic heterocycles. The van der Waals surface area contributed by atoms with Crippen LogP contribution in [-0.4, -0.2) is 29.2 Å². The third-order valence-corrected chi connectivity index (χ3v) is 4.61. The average molecular weight is 368 g/mol. The molecule has 0 fully saturated rings. The van der Waals surface area contributed by atoms with Gasteiger partial charge in [0.15, 0.2) is 0 Å². The van der Waals surface area contributed by atoms with Crippen molar-refractivity contribution in [2.45, 2.75) is 52.0 Å². The molecular formula is C22H28N2O3. The van der Waals surface area contributed by atoms with E-state index in [0.717, 1.165) is 30.5 Å². The number of fused-ring (bicyclic) bond motifs is 1. The number of carboxylic acids is 1. The quantitative estimate of drug-likeness (QED) is 0.524. The van der Waals surface area contributed by atoms with Crippen molar-refractivity contribution in [2.75, 3.05) is 13.6 Å². The second-order valence-electron chi connectivity index (χ2n) is 6.62. The van der Waals surface area contributed by atoms with Crippen LogP contribution in [0.1, 0.15) is 61.4 Å². The Morgan fingerprint density at radius 1 is 1.19 bits per heavy atom. The molecule has 0 bridgehead atoms. The number of carboxylic acid groups (broad SMARTS) is 1. The van der Waals surface area contributed by atoms with Gasteiger partial charge in [-0.2, -0.15) is 0 Å². The molecule has 0 atom stereocenters. The van der Waals surface area contributed by atoms with E-state index in [2.05, 4.69) is 17.2 Å². The molecule has 1 heterocycles. The predicted octanol–water partition coefficient (Wildman–Crippen LogP) is 3.63. The molecule has 0 aliphatic rings. The Kier molecular flexibility index (Phi) is 8.09. The van der Waals surface area contributed by atoms with E-state index in [0.29, 0.717) is 11.9 Å². The van der Waals surface area contributed by atoms with Crippen LogP contribution in [0.25, 0.3) is 10.9 Å². The molecule has 0 radical (unpaired) electrons. The Labute approximate surface area is 160 Å². The second-order valence-corrected chi connectivity index (χ2v) is 6.62. The zero-order valence-corrected chi connectivity index (χ0v) is 16.2. The Bertz CT molecular complexity index is 903. The lowest BCUT2D eigenvalue weighted by atomic mass is 10.1. The van der Waals surface area contributed by atoms with Crippen LogP contribution in [0.3, 0.4) is 0 Å². The zero-order valence-electron chi connectivity index (χ0n) is 16.2. The summed E-state index contributed by atoms with van der Waals surface area (Å²) >= 11 is 0. The lowest BCUT2D eigenvalue weighted by Crippen LogP contribution is -2.18. The minimum atomic E-state index is -1.20. The Balaban J connectivity index is 2.07. The first kappa shape index (κ1) is 20.7. The predicted molar refractivity (Wildman–Crippen MR) is 109 cm³/mol. The number of carbonyl (C=O) groups is 1. The van der Waals surface area contributed by atoms with E-state index in [1.807, 2.05) is 26.1 Å². The number of aryl methyl sites for hydroxylation is 1. The molecule has 0 saturated carbocycles. The third kappa shape index (κ3) is 5.70. The first-order chi connectivity index (χ1) is 13.1. The summed E-state index contributed by atoms with van der Waals surface area (Å²) < 4.78 is 1.78. The summed E-state index contributed by atoms with van der Waals surface area (Å²) in [7, 11) is 1.97. The Morgan fingerprint density at radius 2 is 1.93 bits per heavy atom. The van der Waals surface area contributed by atoms with E-state index >= 15 is 0 Å². The molecule has 5 heteroatoms. The molecule has 0 saturated heterocycles. The van der Waals surface area contributed by atoms with Gasteiger partial charge in [-0.25, -0.2) is 4.79 Å². The highest BCUT2D eigenvalue weighted by molar-refractivity contribution is 5.92. The van der Waals surface area contributed by atoms with Crippen molar-refractivity contribution in [3.8, 4) is 11.8 Å². The fourth-order valence-electron chi connectivity index (χ4n) is 3.10. The lowest BCUT2D eigenvalue weighted by molar-refractivity contribution is 0.0695. The van der Waals surface area contributed by atoms with E-state index < -0.39 is 11.4 Å². The van der Waals surface area contributed by atoms with Crippen LogP contribution in [0, 0.1) is 11.8 Å². The fourth-order valence-corrected chi connectivity index (χ4v) is 3.10. The molecule has 2 rings (SSSR count). The van der Waals surface area contributed by atoms with Crippen molar-refractivity contribution in [3.63, 3.8) is 0 Å². The summed E-state index contributed by atoms with van der Waals surface area (Å²) in [6, 6.07) is 5.44. The molecule has 0 aliphatic carbocycles. The van der Waals surface area contributed by atoms with Crippen molar-refractivity contribution in [1.29, 1.82) is 0 Å². The monoisotopic (exact) mass is 368 g/mol. The van der Waals surface area contributed by atoms with Crippen LogP contribution >= 0.6 is 0 Å². The summed E-state index contributed by atoms with van der Waals surface area (Å²) in [6.45, 7) is 3.59. The fraction of sp³-hybridized carbons (Fsp3) is 0.455. The topological polar surface area (TPSA) is 71.3 Å². The van der Waals surface area contributed by atoms with Gasteiger partial charge in [0.25, 0.3) is 0 Å². The molecule has 2 aromatic rings. The maximum Gasteiger partial charge on any atom is 0.341 e. The number of rotatable bonds is 9. The molecule has 144 valence electrons. The van der Waals surface area contributed by atoms with Gasteiger partial charge in [-0.05, 0) is 51.6 Å². The van der Waals surface area contributed by atoms with Gasteiger partial charge in [0.1, 0.15) is 5.56 Å². The van der Waals surface area contributed by atoms with E-state index in [1.54, 1.807) is 10.6 Å². The number of benzene rings is 1. The van der Waals surface area contributed by atoms with Gasteiger partial charge in [-0.1, -0.05) is 31.1 Å². The smallest absolute Gasteiger partial charge is 0.341 e. The van der Waals surface area contributed by atoms with Gasteiger partial charge in [0.05, 0.1) is 5.52 Å². The third-order valence-electron chi connectivity index (χ3n) is 4.61. The van der Waals surface area contributed by atoms with Gasteiger partial charge in [-0.3, -0.25) is 4.79 Å². The van der Waals surface area contributed by atoms with E-state index in [4.69, 9.17) is 0 Å². The van der Waals surface area contributed by atoms with Crippen LogP contribution in [0.5, 0.6) is 0 Å². The summed E-state index contributed by atoms with van der Waals surface area (Å²) in [5, 5.41) is 12.8. The molecule has 0 spiro atoms. The van der Waals surface area contributed by atoms with Gasteiger partial charge >= 0.3 is 5.97 Å². The highest BCUT2D eigenvalue weighted by Crippen LogP contribution is 2.14. The molecule has 2 N–H and O–H groups in total. The number of hydrogen-bond acceptors (Lipinski definition) is 3. The SMILES string of the molecule is CCn1cc(C(=O)O)c(=O)c2cc(C#CCCCCCCCNC)ccc21. The molecule has 27 heavy (non-hydrogen) atoms. The molecule has 0 aliphatic heterocycles. The minimum absolute atomic E-state index is 0.201. The first-order valence-electron chi connectivity index (χ1n) is 9.62. The number of unbranched alkanes of at least 4 members (excludes halogenated alkanes) is 5. The van der Waals surface area contributed by atoms with E-state index in [9.17, 15) is 14.7 Å². The molecule has 0 unspecified atom stereocenters. The molecule has 5 nitrogen and oxygen atoms in total. The number of nitrogens with one attached hydrogen (secondary N) is 1. The molecule has 1 aromatic carbocycles. The summed E-state index contributed by atoms with van der Waals surface area (Å²) in [5.41, 5.74) is 0.832. The van der Waals surface area contributed by atoms with E-state index in [-0.39, 0.29) is 5.56 Å². The standard InChI is InChI=1S/C22H28N2O3/c1-3-24-16-19(22(26)27)21(25)18-15-17(12-13-20(18)24)11-9-7-5-4-6-8-10-14-23-2/h12-13,15-16,23H,3-8,10,14H2,1-2H3,(H,26,27). The number of aromatic carboxylic acids is 1. The van der Waals surface area contributed by atoms with Crippen molar-refractivity contribution in [1.82, 2.24) is 9.88 Å². The Morgan fingerprint density at radius 3 is 2.63 bits per heavy atom. The second kappa shape index (κ2) is 10.5. The number of hydrogen-bond donors (Lipinski definition) is 2. The summed E-state index contributed by atoms with van der Waals surface area (Å²) in [6.07, 6.45) is 8.19. The normalized spacial score (nSPS) is 10.6. The Hall–Kier alpha value is -2.58. The van der Waals surface area contributed by atoms with Gasteiger partial charge in [0.2, 0.25) is 5.43 Å². The van der Waals surface area contributed by atoms with Crippen LogP contribution in [0.2, 0.25) is 0 Å². The maximum atomic E-state index is 12.5. The largest absolute Gasteiger partial charge is 0.477 e. The van der Waals surface area contributed by atoms with Crippen LogP contribution in [0.15, 0.2) is 29.2 Å². The van der Waals surface area contributed by atoms with Crippen molar-refractivity contribution in [3.05, 3.63) is 45.7 Å². The van der Waals surface area contributed by atoms with E-state index in [1.165, 1.54) is 31.9 Å². The molecule has 0 amide bonds. The van der Waals surface area contributed by atoms with Crippen LogP contribution in [-0.2, 0) is 6.54 Å². The van der Waals surface area contributed by atoms with Crippen molar-refractivity contribution in [2.24, 2.45) is 0 Å². The van der Waals surface area contributed by atoms with Crippen molar-refractivity contribution >= 4 is 16.9 Å². The maximum absolute atomic E-state index is 12.5. The lowest BCUT2D eigenvalue weighted by Gasteiger charge is -2.10. The number of nitrogens with zero attached hydrogens (tertiary/aromatic N) is 1. The molecular weight excluding hydrogens is 340 g/mol. The highest BCUT2D eigenvalue weighted by atomic mass is 16.4. The zero-order chi connectivity index (χ0) is 19.6. The van der Waals surface area contributed by atoms with Gasteiger partial charge in [-0.15, -0.1) is 0 Å². The van der Waals surface area contributed by atoms with Gasteiger partial charge < -0.3 is 15.0 Å². The number of pyridine rings is 1. The number of aromatic nitrogens is 1. The van der Waals surface area contributed by atoms with Crippen LogP contribution < -0.4 is 10.7 Å². The minimum Gasteiger partial charge on any atom is -0.477 e.